The molecule has 3 aliphatic heterocycles. The largest absolute Gasteiger partial charge is 0.737 e. The molecule has 0 saturated carbocycles. The van der Waals surface area contributed by atoms with Crippen LogP contribution in [0.4, 0.5) is 8.63 Å². The van der Waals surface area contributed by atoms with Crippen LogP contribution < -0.4 is 53.4 Å². The van der Waals surface area contributed by atoms with Crippen LogP contribution in [0.15, 0.2) is 78.5 Å². The number of likely N-dealkylation sites (tertiary alicyclic amines) is 1. The van der Waals surface area contributed by atoms with Crippen molar-refractivity contribution in [3.63, 3.8) is 0 Å². The summed E-state index contributed by atoms with van der Waals surface area (Å²) in [5, 5.41) is 28.2. The lowest BCUT2D eigenvalue weighted by atomic mass is 9.90. The summed E-state index contributed by atoms with van der Waals surface area (Å²) in [6.07, 6.45) is 9.77. The summed E-state index contributed by atoms with van der Waals surface area (Å²) < 4.78 is 39.9. The van der Waals surface area contributed by atoms with Crippen molar-refractivity contribution in [1.29, 1.82) is 0 Å². The predicted octanol–water partition coefficient (Wildman–Crippen LogP) is 2.43. The summed E-state index contributed by atoms with van der Waals surface area (Å²) in [5.74, 6) is -5.53. The molecule has 1 aromatic heterocycles. The number of aliphatic hydroxyl groups is 1. The quantitative estimate of drug-likeness (QED) is 0.0297. The van der Waals surface area contributed by atoms with Crippen molar-refractivity contribution in [2.24, 2.45) is 17.4 Å². The van der Waals surface area contributed by atoms with Gasteiger partial charge in [0, 0.05) is 102 Å². The van der Waals surface area contributed by atoms with E-state index in [-0.39, 0.29) is 63.0 Å². The number of ether oxygens (including phenoxy) is 1. The molecule has 0 radical (unpaired) electrons. The number of aliphatic hydroxyl groups excluding tert-OH is 1. The summed E-state index contributed by atoms with van der Waals surface area (Å²) in [5.41, 5.74) is 15.7. The first-order valence-electron chi connectivity index (χ1n) is 30.5. The molecule has 2 aromatic carbocycles. The summed E-state index contributed by atoms with van der Waals surface area (Å²) in [6, 6.07) is 14.6. The molecule has 26 heteroatoms. The Bertz CT molecular complexity index is 3050. The average Bonchev–Trinajstić information content (AvgIpc) is 4.03. The molecular weight excluding hydrogens is 1140 g/mol. The smallest absolute Gasteiger partial charge is 0.490 e. The number of nitrogens with one attached hydrogen (secondary N) is 7. The van der Waals surface area contributed by atoms with Crippen molar-refractivity contribution in [1.82, 2.24) is 46.6 Å². The van der Waals surface area contributed by atoms with Crippen molar-refractivity contribution in [2.45, 2.75) is 154 Å². The van der Waals surface area contributed by atoms with Crippen LogP contribution in [0.25, 0.3) is 6.08 Å². The molecule has 0 aliphatic carbocycles. The molecule has 6 rings (SSSR count). The predicted molar refractivity (Wildman–Crippen MR) is 328 cm³/mol. The third-order valence-electron chi connectivity index (χ3n) is 15.8. The van der Waals surface area contributed by atoms with Crippen LogP contribution in [-0.2, 0) is 49.6 Å². The number of nitrogens with two attached hydrogens (primary N) is 2. The highest BCUT2D eigenvalue weighted by Gasteiger charge is 2.52. The van der Waals surface area contributed by atoms with E-state index < -0.39 is 91.4 Å². The fraction of sp³-hybridized carbons (Fsp3) is 0.516. The fourth-order valence-electron chi connectivity index (χ4n) is 11.0. The number of rotatable bonds is 36. The number of para-hydroxylation sites is 1. The van der Waals surface area contributed by atoms with Gasteiger partial charge in [-0.1, -0.05) is 68.8 Å². The maximum Gasteiger partial charge on any atom is 0.737 e. The Balaban J connectivity index is 0.813. The molecule has 0 bridgehead atoms. The molecule has 1 saturated heterocycles. The van der Waals surface area contributed by atoms with E-state index in [0.717, 1.165) is 45.1 Å². The minimum absolute atomic E-state index is 0.0153. The fourth-order valence-corrected chi connectivity index (χ4v) is 11.0. The molecule has 478 valence electrons. The molecule has 0 spiro atoms. The van der Waals surface area contributed by atoms with Crippen LogP contribution in [0.2, 0.25) is 0 Å². The molecular formula is C62H87BF2N12O11. The van der Waals surface area contributed by atoms with Gasteiger partial charge in [-0.2, -0.15) is 0 Å². The number of piperidine rings is 1. The van der Waals surface area contributed by atoms with Crippen molar-refractivity contribution in [2.75, 3.05) is 45.9 Å². The lowest BCUT2D eigenvalue weighted by Gasteiger charge is -2.32. The van der Waals surface area contributed by atoms with Gasteiger partial charge in [0.15, 0.2) is 5.70 Å². The zero-order chi connectivity index (χ0) is 63.9. The molecule has 3 aromatic rings. The van der Waals surface area contributed by atoms with E-state index in [9.17, 15) is 48.3 Å². The normalized spacial score (nSPS) is 15.8. The highest BCUT2D eigenvalue weighted by molar-refractivity contribution is 6.58. The first-order chi connectivity index (χ1) is 42.0. The molecule has 4 atom stereocenters. The SMILES string of the molecule is Cc1cc(C)n2c1C=C1C=CC(CCC(=O)NCCCCCC(=O)NCCCC[C@H](NC(=O)CCNC(=O)[C@H](CC(N)=O)NC(=O)[C@H](CO)NC(=O)[C@@H](NC(=O)CCN3CCC(Oc4ccccc4Cc4ccccc4)CC3)C(C)C)C(N)=O)=[N+]1[B-]2(F)F. The van der Waals surface area contributed by atoms with Crippen LogP contribution >= 0.6 is 0 Å². The van der Waals surface area contributed by atoms with Crippen molar-refractivity contribution in [3.8, 4) is 5.75 Å². The van der Waals surface area contributed by atoms with Gasteiger partial charge >= 0.3 is 6.97 Å². The first kappa shape index (κ1) is 68.9. The van der Waals surface area contributed by atoms with Gasteiger partial charge in [-0.25, -0.2) is 0 Å². The molecule has 1 fully saturated rings. The number of hydrogen-bond donors (Lipinski definition) is 10. The first-order valence-corrected chi connectivity index (χ1v) is 30.5. The summed E-state index contributed by atoms with van der Waals surface area (Å²) in [4.78, 5) is 117. The number of aromatic nitrogens is 1. The van der Waals surface area contributed by atoms with Gasteiger partial charge in [-0.15, -0.1) is 0 Å². The Labute approximate surface area is 512 Å². The standard InChI is InChI=1S/C62H87BF2N12O11/c1-40(2)58(74-57(83)28-34-75-32-26-47(27-33-75)88-52-19-11-10-17-44(52)36-43-15-7-5-8-16-43)62(87)73-50(39-78)61(86)72-49(38-53(66)79)60(85)70-31-25-56(82)71-48(59(67)84)18-12-14-30-68-54(80)20-9-6-13-29-69-55(81)24-23-45-21-22-46-37-51-41(3)35-42(4)76(51)63(64,65)77(45)46/h5,7-8,10-11,15-17,19,21-22,35,37,40,47-50,58,78H,6,9,12-14,18,20,23-34,36,38-39H2,1-4H3,(H2,66,79)(H2,67,84)(H,68,80)(H,69,81)(H,70,85)(H,71,82)(H,72,86)(H,73,87)(H,74,83)/t48-,49-,50-,58-/m0/s1. The van der Waals surface area contributed by atoms with E-state index >= 15 is 8.63 Å². The Morgan fingerprint density at radius 1 is 0.705 bits per heavy atom. The second-order valence-electron chi connectivity index (χ2n) is 23.1. The van der Waals surface area contributed by atoms with E-state index in [4.69, 9.17) is 16.2 Å². The number of aryl methyl sites for hydroxylation is 2. The van der Waals surface area contributed by atoms with Gasteiger partial charge in [0.2, 0.25) is 53.2 Å². The van der Waals surface area contributed by atoms with Gasteiger partial charge < -0.3 is 81.0 Å². The third-order valence-corrected chi connectivity index (χ3v) is 15.8. The number of primary amides is 2. The van der Waals surface area contributed by atoms with Gasteiger partial charge in [0.1, 0.15) is 41.7 Å². The van der Waals surface area contributed by atoms with Gasteiger partial charge in [0.25, 0.3) is 0 Å². The van der Waals surface area contributed by atoms with E-state index in [2.05, 4.69) is 60.3 Å². The summed E-state index contributed by atoms with van der Waals surface area (Å²) in [6.45, 7) is 4.10. The summed E-state index contributed by atoms with van der Waals surface area (Å²) >= 11 is 0. The zero-order valence-electron chi connectivity index (χ0n) is 50.9. The highest BCUT2D eigenvalue weighted by atomic mass is 19.2. The van der Waals surface area contributed by atoms with Gasteiger partial charge in [0.05, 0.1) is 13.0 Å². The lowest BCUT2D eigenvalue weighted by molar-refractivity contribution is -0.362. The molecule has 3 aliphatic rings. The Kier molecular flexibility index (Phi) is 26.4. The molecule has 23 nitrogen and oxygen atoms in total. The average molecular weight is 1230 g/mol. The Morgan fingerprint density at radius 3 is 2.05 bits per heavy atom. The topological polar surface area (TPSA) is 331 Å². The number of nitrogens with zero attached hydrogens (tertiary/aromatic N) is 3. The van der Waals surface area contributed by atoms with Gasteiger partial charge in [-0.05, 0) is 99.2 Å². The minimum Gasteiger partial charge on any atom is -0.490 e. The Morgan fingerprint density at radius 2 is 1.36 bits per heavy atom. The van der Waals surface area contributed by atoms with E-state index in [0.29, 0.717) is 87.6 Å². The number of benzene rings is 2. The zero-order valence-corrected chi connectivity index (χ0v) is 50.9. The Hall–Kier alpha value is -8.26. The van der Waals surface area contributed by atoms with Crippen LogP contribution in [0.3, 0.4) is 0 Å². The maximum atomic E-state index is 15.7. The lowest BCUT2D eigenvalue weighted by Crippen LogP contribution is -2.59. The molecule has 12 N–H and O–H groups in total. The molecule has 4 heterocycles. The third kappa shape index (κ3) is 20.7. The number of allylic oxidation sites excluding steroid dienone is 2. The van der Waals surface area contributed by atoms with E-state index in [1.54, 1.807) is 52.0 Å². The summed E-state index contributed by atoms with van der Waals surface area (Å²) in [7, 11) is 0. The van der Waals surface area contributed by atoms with E-state index in [1.807, 2.05) is 36.4 Å². The number of carbonyl (C=O) groups is 9. The van der Waals surface area contributed by atoms with Crippen molar-refractivity contribution < 1.29 is 66.1 Å². The number of carbonyl (C=O) groups excluding carboxylic acids is 9. The van der Waals surface area contributed by atoms with Crippen molar-refractivity contribution >= 4 is 71.9 Å². The number of fused-ring (bicyclic) bond motifs is 2. The van der Waals surface area contributed by atoms with Crippen LogP contribution in [0, 0.1) is 19.8 Å². The monoisotopic (exact) mass is 1220 g/mol. The molecule has 9 amide bonds. The molecule has 0 unspecified atom stereocenters. The number of hydrogen-bond acceptors (Lipinski definition) is 12. The van der Waals surface area contributed by atoms with Crippen molar-refractivity contribution in [3.05, 3.63) is 107 Å². The second-order valence-corrected chi connectivity index (χ2v) is 23.1. The maximum absolute atomic E-state index is 15.7. The van der Waals surface area contributed by atoms with Gasteiger partial charge in [-0.3, -0.25) is 43.2 Å². The van der Waals surface area contributed by atoms with Crippen LogP contribution in [-0.4, -0.2) is 161 Å². The minimum atomic E-state index is -4.10. The second kappa shape index (κ2) is 33.8. The van der Waals surface area contributed by atoms with Crippen LogP contribution in [0.5, 0.6) is 5.75 Å². The van der Waals surface area contributed by atoms with E-state index in [1.165, 1.54) is 5.56 Å². The number of halogens is 2. The highest BCUT2D eigenvalue weighted by Crippen LogP contribution is 2.35. The van der Waals surface area contributed by atoms with Crippen LogP contribution in [0.1, 0.15) is 132 Å². The number of unbranched alkanes of at least 4 members (excludes halogenated alkanes) is 3. The number of amides is 9. The molecule has 88 heavy (non-hydrogen) atoms.